The second-order valence-electron chi connectivity index (χ2n) is 4.76. The molecule has 0 saturated carbocycles. The van der Waals surface area contributed by atoms with Crippen LogP contribution in [0.1, 0.15) is 12.0 Å². The number of rotatable bonds is 6. The Hall–Kier alpha value is -3.07. The van der Waals surface area contributed by atoms with Crippen LogP contribution in [0.15, 0.2) is 53.8 Å². The molecule has 0 atom stereocenters. The molecule has 118 valence electrons. The number of esters is 2. The number of benzene rings is 1. The van der Waals surface area contributed by atoms with Crippen molar-refractivity contribution in [2.45, 2.75) is 13.0 Å². The largest absolute Gasteiger partial charge is 0.461 e. The van der Waals surface area contributed by atoms with E-state index < -0.39 is 11.9 Å². The zero-order chi connectivity index (χ0) is 16.5. The van der Waals surface area contributed by atoms with E-state index in [0.29, 0.717) is 5.57 Å². The highest BCUT2D eigenvalue weighted by Crippen LogP contribution is 2.12. The van der Waals surface area contributed by atoms with Crippen molar-refractivity contribution in [1.29, 1.82) is 5.26 Å². The van der Waals surface area contributed by atoms with E-state index in [1.54, 1.807) is 0 Å². The van der Waals surface area contributed by atoms with E-state index in [1.807, 2.05) is 36.4 Å². The molecule has 1 aromatic carbocycles. The van der Waals surface area contributed by atoms with Crippen molar-refractivity contribution in [3.63, 3.8) is 0 Å². The quantitative estimate of drug-likeness (QED) is 0.634. The number of carbonyl (C=O) groups excluding carboxylic acids is 2. The summed E-state index contributed by atoms with van der Waals surface area (Å²) in [5.74, 6) is -1.07. The van der Waals surface area contributed by atoms with Gasteiger partial charge in [0.05, 0.1) is 23.6 Å². The fraction of sp³-hybridized carbons (Fsp3) is 0.235. The number of dihydropyridines is 1. The molecule has 1 N–H and O–H groups in total. The molecule has 0 amide bonds. The minimum absolute atomic E-state index is 0.0221. The van der Waals surface area contributed by atoms with Crippen molar-refractivity contribution < 1.29 is 19.1 Å². The van der Waals surface area contributed by atoms with Gasteiger partial charge in [-0.05, 0) is 11.6 Å². The maximum absolute atomic E-state index is 12.0. The van der Waals surface area contributed by atoms with Crippen LogP contribution in [0, 0.1) is 11.3 Å². The Kier molecular flexibility index (Phi) is 5.95. The van der Waals surface area contributed by atoms with Gasteiger partial charge in [0.1, 0.15) is 13.2 Å². The Morgan fingerprint density at radius 1 is 1.17 bits per heavy atom. The van der Waals surface area contributed by atoms with Gasteiger partial charge in [-0.2, -0.15) is 5.26 Å². The van der Waals surface area contributed by atoms with Gasteiger partial charge in [0.2, 0.25) is 0 Å². The van der Waals surface area contributed by atoms with Gasteiger partial charge in [-0.15, -0.1) is 0 Å². The van der Waals surface area contributed by atoms with Crippen LogP contribution in [0.25, 0.3) is 0 Å². The topological polar surface area (TPSA) is 88.4 Å². The first-order valence-electron chi connectivity index (χ1n) is 7.10. The van der Waals surface area contributed by atoms with E-state index >= 15 is 0 Å². The minimum atomic E-state index is -0.583. The lowest BCUT2D eigenvalue weighted by molar-refractivity contribution is -0.140. The highest BCUT2D eigenvalue weighted by Gasteiger charge is 2.19. The molecule has 6 heteroatoms. The molecule has 1 aromatic rings. The number of nitrogens with zero attached hydrogens (tertiary/aromatic N) is 1. The zero-order valence-electron chi connectivity index (χ0n) is 12.5. The monoisotopic (exact) mass is 312 g/mol. The van der Waals surface area contributed by atoms with Gasteiger partial charge in [-0.3, -0.25) is 0 Å². The zero-order valence-corrected chi connectivity index (χ0v) is 12.5. The summed E-state index contributed by atoms with van der Waals surface area (Å²) in [6.07, 6.45) is 3.04. The van der Waals surface area contributed by atoms with Crippen LogP contribution in [0.2, 0.25) is 0 Å². The number of ether oxygens (including phenoxy) is 2. The average molecular weight is 312 g/mol. The second-order valence-corrected chi connectivity index (χ2v) is 4.76. The van der Waals surface area contributed by atoms with Gasteiger partial charge < -0.3 is 14.8 Å². The van der Waals surface area contributed by atoms with Crippen LogP contribution in [0.5, 0.6) is 0 Å². The summed E-state index contributed by atoms with van der Waals surface area (Å²) in [6, 6.07) is 11.2. The van der Waals surface area contributed by atoms with Crippen molar-refractivity contribution in [3.05, 3.63) is 59.3 Å². The number of hydrogen-bond acceptors (Lipinski definition) is 6. The Morgan fingerprint density at radius 3 is 2.70 bits per heavy atom. The number of hydrogen-bond donors (Lipinski definition) is 1. The van der Waals surface area contributed by atoms with Crippen molar-refractivity contribution in [1.82, 2.24) is 5.32 Å². The maximum Gasteiger partial charge on any atom is 0.339 e. The smallest absolute Gasteiger partial charge is 0.339 e. The summed E-state index contributed by atoms with van der Waals surface area (Å²) in [7, 11) is 0. The Balaban J connectivity index is 1.91. The van der Waals surface area contributed by atoms with E-state index in [4.69, 9.17) is 14.7 Å². The molecule has 6 nitrogen and oxygen atoms in total. The van der Waals surface area contributed by atoms with Crippen molar-refractivity contribution in [2.75, 3.05) is 13.2 Å². The number of carbonyl (C=O) groups is 2. The fourth-order valence-electron chi connectivity index (χ4n) is 1.89. The average Bonchev–Trinajstić information content (AvgIpc) is 2.61. The predicted molar refractivity (Wildman–Crippen MR) is 81.6 cm³/mol. The number of nitriles is 1. The third kappa shape index (κ3) is 5.00. The molecular formula is C17H16N2O4. The summed E-state index contributed by atoms with van der Waals surface area (Å²) < 4.78 is 10.1. The Bertz CT molecular complexity index is 672. The van der Waals surface area contributed by atoms with Crippen LogP contribution >= 0.6 is 0 Å². The molecule has 0 aromatic heterocycles. The molecule has 0 radical (unpaired) electrons. The predicted octanol–water partition coefficient (Wildman–Crippen LogP) is 1.60. The summed E-state index contributed by atoms with van der Waals surface area (Å²) in [5, 5.41) is 11.3. The van der Waals surface area contributed by atoms with Crippen LogP contribution in [-0.4, -0.2) is 25.1 Å². The molecule has 23 heavy (non-hydrogen) atoms. The highest BCUT2D eigenvalue weighted by atomic mass is 16.5. The van der Waals surface area contributed by atoms with Crippen molar-refractivity contribution >= 4 is 11.9 Å². The van der Waals surface area contributed by atoms with E-state index in [-0.39, 0.29) is 31.8 Å². The van der Waals surface area contributed by atoms with Gasteiger partial charge in [-0.25, -0.2) is 9.59 Å². The highest BCUT2D eigenvalue weighted by molar-refractivity contribution is 5.97. The molecule has 1 aliphatic rings. The first-order chi connectivity index (χ1) is 11.2. The molecule has 2 rings (SSSR count). The summed E-state index contributed by atoms with van der Waals surface area (Å²) in [6.45, 7) is 0.472. The van der Waals surface area contributed by atoms with Crippen LogP contribution < -0.4 is 5.32 Å². The van der Waals surface area contributed by atoms with Gasteiger partial charge in [-0.1, -0.05) is 30.3 Å². The van der Waals surface area contributed by atoms with Crippen LogP contribution in [0.3, 0.4) is 0 Å². The molecule has 0 bridgehead atoms. The van der Waals surface area contributed by atoms with Crippen LogP contribution in [0.4, 0.5) is 0 Å². The second kappa shape index (κ2) is 8.39. The van der Waals surface area contributed by atoms with Gasteiger partial charge >= 0.3 is 11.9 Å². The number of nitrogens with one attached hydrogen (secondary N) is 1. The summed E-state index contributed by atoms with van der Waals surface area (Å²) in [5.41, 5.74) is 1.45. The van der Waals surface area contributed by atoms with Crippen molar-refractivity contribution in [3.8, 4) is 6.07 Å². The standard InChI is InChI=1S/C17H16N2O4/c18-7-4-8-22-16(20)14-9-15(11-19-10-14)17(21)23-12-13-5-2-1-3-6-13/h1-3,5-6,9-10,19H,4,8,11-12H2. The molecule has 0 fully saturated rings. The first kappa shape index (κ1) is 16.3. The van der Waals surface area contributed by atoms with E-state index in [0.717, 1.165) is 5.56 Å². The summed E-state index contributed by atoms with van der Waals surface area (Å²) >= 11 is 0. The van der Waals surface area contributed by atoms with Gasteiger partial charge in [0.25, 0.3) is 0 Å². The molecule has 0 saturated heterocycles. The first-order valence-corrected chi connectivity index (χ1v) is 7.10. The Morgan fingerprint density at radius 2 is 1.96 bits per heavy atom. The molecule has 0 aliphatic carbocycles. The van der Waals surface area contributed by atoms with Crippen LogP contribution in [-0.2, 0) is 25.7 Å². The van der Waals surface area contributed by atoms with E-state index in [1.165, 1.54) is 12.3 Å². The lowest BCUT2D eigenvalue weighted by atomic mass is 10.1. The van der Waals surface area contributed by atoms with E-state index in [2.05, 4.69) is 5.32 Å². The van der Waals surface area contributed by atoms with Gasteiger partial charge in [0.15, 0.2) is 0 Å². The third-order valence-electron chi connectivity index (χ3n) is 3.04. The molecule has 0 spiro atoms. The maximum atomic E-state index is 12.0. The lowest BCUT2D eigenvalue weighted by Crippen LogP contribution is -2.24. The normalized spacial score (nSPS) is 13.0. The lowest BCUT2D eigenvalue weighted by Gasteiger charge is -2.14. The SMILES string of the molecule is N#CCCOC(=O)C1=CNCC(C(=O)OCc2ccccc2)=C1. The van der Waals surface area contributed by atoms with Gasteiger partial charge in [0, 0.05) is 12.7 Å². The van der Waals surface area contributed by atoms with Crippen molar-refractivity contribution in [2.24, 2.45) is 0 Å². The molecule has 1 heterocycles. The molecule has 1 aliphatic heterocycles. The Labute approximate surface area is 134 Å². The third-order valence-corrected chi connectivity index (χ3v) is 3.04. The molecule has 0 unspecified atom stereocenters. The van der Waals surface area contributed by atoms with E-state index in [9.17, 15) is 9.59 Å². The minimum Gasteiger partial charge on any atom is -0.461 e. The fourth-order valence-corrected chi connectivity index (χ4v) is 1.89. The summed E-state index contributed by atoms with van der Waals surface area (Å²) in [4.78, 5) is 23.8. The molecular weight excluding hydrogens is 296 g/mol.